The van der Waals surface area contributed by atoms with E-state index in [0.717, 1.165) is 12.3 Å². The van der Waals surface area contributed by atoms with Gasteiger partial charge in [-0.25, -0.2) is 0 Å². The second kappa shape index (κ2) is 5.26. The summed E-state index contributed by atoms with van der Waals surface area (Å²) >= 11 is 4.17. The van der Waals surface area contributed by atoms with E-state index in [2.05, 4.69) is 53.9 Å². The quantitative estimate of drug-likeness (QED) is 0.604. The Morgan fingerprint density at radius 1 is 1.27 bits per heavy atom. The molecule has 0 aromatic heterocycles. The van der Waals surface area contributed by atoms with Crippen LogP contribution in [-0.2, 0) is 6.42 Å². The first-order chi connectivity index (χ1) is 7.42. The number of hydrogen-bond donors (Lipinski definition) is 1. The summed E-state index contributed by atoms with van der Waals surface area (Å²) in [5.41, 5.74) is 2.90. The fourth-order valence-corrected chi connectivity index (χ4v) is 2.23. The average molecular weight is 219 g/mol. The Labute approximate surface area is 97.2 Å². The minimum atomic E-state index is 0.829. The molecule has 0 N–H and O–H groups in total. The second-order valence-corrected chi connectivity index (χ2v) is 4.20. The molecule has 0 radical (unpaired) electrons. The number of thiol groups is 1. The normalized spacial score (nSPS) is 15.7. The van der Waals surface area contributed by atoms with Crippen LogP contribution in [0.1, 0.15) is 12.0 Å². The number of hydrogen-bond acceptors (Lipinski definition) is 2. The highest BCUT2D eigenvalue weighted by Gasteiger charge is 2.14. The van der Waals surface area contributed by atoms with Gasteiger partial charge >= 0.3 is 0 Å². The SMILES string of the molecule is SCC=CCN1CCCc2ccccc21. The van der Waals surface area contributed by atoms with Gasteiger partial charge < -0.3 is 4.90 Å². The van der Waals surface area contributed by atoms with Crippen molar-refractivity contribution in [1.82, 2.24) is 0 Å². The van der Waals surface area contributed by atoms with Crippen molar-refractivity contribution in [3.8, 4) is 0 Å². The molecule has 0 amide bonds. The third kappa shape index (κ3) is 2.57. The van der Waals surface area contributed by atoms with E-state index in [1.54, 1.807) is 0 Å². The summed E-state index contributed by atoms with van der Waals surface area (Å²) in [6.07, 6.45) is 6.81. The van der Waals surface area contributed by atoms with E-state index >= 15 is 0 Å². The van der Waals surface area contributed by atoms with Crippen molar-refractivity contribution in [2.75, 3.05) is 23.7 Å². The van der Waals surface area contributed by atoms with Crippen molar-refractivity contribution in [2.24, 2.45) is 0 Å². The third-order valence-corrected chi connectivity index (χ3v) is 3.02. The van der Waals surface area contributed by atoms with Crippen molar-refractivity contribution in [3.05, 3.63) is 42.0 Å². The van der Waals surface area contributed by atoms with Gasteiger partial charge in [0.05, 0.1) is 0 Å². The smallest absolute Gasteiger partial charge is 0.0401 e. The van der Waals surface area contributed by atoms with E-state index in [1.807, 2.05) is 0 Å². The largest absolute Gasteiger partial charge is 0.368 e. The summed E-state index contributed by atoms with van der Waals surface area (Å²) in [6, 6.07) is 8.72. The summed E-state index contributed by atoms with van der Waals surface area (Å²) in [4.78, 5) is 2.44. The lowest BCUT2D eigenvalue weighted by Crippen LogP contribution is -2.29. The van der Waals surface area contributed by atoms with Crippen molar-refractivity contribution in [3.63, 3.8) is 0 Å². The van der Waals surface area contributed by atoms with E-state index in [1.165, 1.54) is 30.6 Å². The molecule has 80 valence electrons. The number of anilines is 1. The topological polar surface area (TPSA) is 3.24 Å². The maximum atomic E-state index is 4.17. The van der Waals surface area contributed by atoms with Gasteiger partial charge in [0.15, 0.2) is 0 Å². The van der Waals surface area contributed by atoms with E-state index in [-0.39, 0.29) is 0 Å². The fraction of sp³-hybridized carbons (Fsp3) is 0.385. The molecular formula is C13H17NS. The molecule has 2 rings (SSSR count). The van der Waals surface area contributed by atoms with Gasteiger partial charge in [-0.05, 0) is 24.5 Å². The van der Waals surface area contributed by atoms with Gasteiger partial charge in [0.2, 0.25) is 0 Å². The van der Waals surface area contributed by atoms with Crippen molar-refractivity contribution >= 4 is 18.3 Å². The van der Waals surface area contributed by atoms with Crippen LogP contribution in [0.5, 0.6) is 0 Å². The van der Waals surface area contributed by atoms with E-state index in [9.17, 15) is 0 Å². The number of nitrogens with zero attached hydrogens (tertiary/aromatic N) is 1. The lowest BCUT2D eigenvalue weighted by atomic mass is 10.0. The standard InChI is InChI=1S/C13H17NS/c15-11-4-3-9-14-10-5-7-12-6-1-2-8-13(12)14/h1-4,6,8,15H,5,7,9-11H2. The third-order valence-electron chi connectivity index (χ3n) is 2.80. The maximum Gasteiger partial charge on any atom is 0.0401 e. The first-order valence-electron chi connectivity index (χ1n) is 5.50. The zero-order valence-corrected chi connectivity index (χ0v) is 9.79. The molecule has 0 saturated heterocycles. The van der Waals surface area contributed by atoms with Gasteiger partial charge in [0.25, 0.3) is 0 Å². The molecule has 1 aliphatic rings. The number of fused-ring (bicyclic) bond motifs is 1. The molecular weight excluding hydrogens is 202 g/mol. The number of aryl methyl sites for hydroxylation is 1. The van der Waals surface area contributed by atoms with Crippen LogP contribution in [0.25, 0.3) is 0 Å². The summed E-state index contributed by atoms with van der Waals surface area (Å²) < 4.78 is 0. The lowest BCUT2D eigenvalue weighted by Gasteiger charge is -2.30. The predicted molar refractivity (Wildman–Crippen MR) is 70.0 cm³/mol. The highest BCUT2D eigenvalue weighted by Crippen LogP contribution is 2.26. The van der Waals surface area contributed by atoms with Gasteiger partial charge in [0.1, 0.15) is 0 Å². The average Bonchev–Trinajstić information content (AvgIpc) is 2.30. The molecule has 0 spiro atoms. The van der Waals surface area contributed by atoms with E-state index in [4.69, 9.17) is 0 Å². The van der Waals surface area contributed by atoms with Gasteiger partial charge in [-0.2, -0.15) is 12.6 Å². The summed E-state index contributed by atoms with van der Waals surface area (Å²) in [5.74, 6) is 0.829. The van der Waals surface area contributed by atoms with Crippen molar-refractivity contribution in [2.45, 2.75) is 12.8 Å². The molecule has 0 aliphatic carbocycles. The van der Waals surface area contributed by atoms with E-state index < -0.39 is 0 Å². The lowest BCUT2D eigenvalue weighted by molar-refractivity contribution is 0.722. The molecule has 0 unspecified atom stereocenters. The number of rotatable bonds is 3. The monoisotopic (exact) mass is 219 g/mol. The Bertz CT molecular complexity index is 346. The van der Waals surface area contributed by atoms with Crippen LogP contribution in [0.3, 0.4) is 0 Å². The molecule has 0 atom stereocenters. The number of benzene rings is 1. The molecule has 1 aliphatic heterocycles. The van der Waals surface area contributed by atoms with Crippen LogP contribution >= 0.6 is 12.6 Å². The Morgan fingerprint density at radius 2 is 2.13 bits per heavy atom. The highest BCUT2D eigenvalue weighted by atomic mass is 32.1. The van der Waals surface area contributed by atoms with Crippen LogP contribution in [0.15, 0.2) is 36.4 Å². The van der Waals surface area contributed by atoms with Gasteiger partial charge in [-0.3, -0.25) is 0 Å². The van der Waals surface area contributed by atoms with Crippen LogP contribution in [-0.4, -0.2) is 18.8 Å². The second-order valence-electron chi connectivity index (χ2n) is 3.83. The molecule has 1 aromatic carbocycles. The number of para-hydroxylation sites is 1. The van der Waals surface area contributed by atoms with Crippen LogP contribution in [0.4, 0.5) is 5.69 Å². The minimum absolute atomic E-state index is 0.829. The molecule has 1 aromatic rings. The first-order valence-corrected chi connectivity index (χ1v) is 6.14. The molecule has 0 saturated carbocycles. The van der Waals surface area contributed by atoms with Crippen molar-refractivity contribution in [1.29, 1.82) is 0 Å². The van der Waals surface area contributed by atoms with Gasteiger partial charge in [-0.1, -0.05) is 30.4 Å². The van der Waals surface area contributed by atoms with Crippen LogP contribution < -0.4 is 4.90 Å². The van der Waals surface area contributed by atoms with E-state index in [0.29, 0.717) is 0 Å². The predicted octanol–water partition coefficient (Wildman–Crippen LogP) is 2.93. The molecule has 2 heteroatoms. The summed E-state index contributed by atoms with van der Waals surface area (Å²) in [5, 5.41) is 0. The molecule has 0 bridgehead atoms. The summed E-state index contributed by atoms with van der Waals surface area (Å²) in [7, 11) is 0. The Kier molecular flexibility index (Phi) is 3.73. The Morgan fingerprint density at radius 3 is 3.00 bits per heavy atom. The zero-order valence-electron chi connectivity index (χ0n) is 8.89. The first kappa shape index (κ1) is 10.6. The highest BCUT2D eigenvalue weighted by molar-refractivity contribution is 7.80. The van der Waals surface area contributed by atoms with Crippen molar-refractivity contribution < 1.29 is 0 Å². The fourth-order valence-electron chi connectivity index (χ4n) is 2.08. The van der Waals surface area contributed by atoms with Gasteiger partial charge in [0, 0.05) is 24.5 Å². The Hall–Kier alpha value is -0.890. The molecule has 1 heterocycles. The zero-order chi connectivity index (χ0) is 10.5. The van der Waals surface area contributed by atoms with Crippen LogP contribution in [0, 0.1) is 0 Å². The maximum absolute atomic E-state index is 4.17. The molecule has 1 nitrogen and oxygen atoms in total. The van der Waals surface area contributed by atoms with Crippen LogP contribution in [0.2, 0.25) is 0 Å². The molecule has 15 heavy (non-hydrogen) atoms. The minimum Gasteiger partial charge on any atom is -0.368 e. The summed E-state index contributed by atoms with van der Waals surface area (Å²) in [6.45, 7) is 2.19. The Balaban J connectivity index is 2.11. The molecule has 0 fully saturated rings. The van der Waals surface area contributed by atoms with Gasteiger partial charge in [-0.15, -0.1) is 0 Å².